The number of aromatic nitrogens is 2. The predicted octanol–water partition coefficient (Wildman–Crippen LogP) is 6.43. The first-order valence-electron chi connectivity index (χ1n) is 11.4. The molecule has 0 aliphatic rings. The van der Waals surface area contributed by atoms with Crippen molar-refractivity contribution < 1.29 is 14.3 Å². The molecule has 0 aliphatic heterocycles. The van der Waals surface area contributed by atoms with Gasteiger partial charge in [-0.3, -0.25) is 14.9 Å². The zero-order valence-corrected chi connectivity index (χ0v) is 22.2. The molecule has 1 amide bonds. The number of halogens is 2. The van der Waals surface area contributed by atoms with Crippen molar-refractivity contribution in [1.82, 2.24) is 9.55 Å². The lowest BCUT2D eigenvalue weighted by atomic mass is 9.97. The van der Waals surface area contributed by atoms with Crippen molar-refractivity contribution in [2.24, 2.45) is 7.05 Å². The Balaban J connectivity index is 1.40. The molecule has 0 saturated carbocycles. The van der Waals surface area contributed by atoms with Crippen molar-refractivity contribution in [3.05, 3.63) is 104 Å². The number of benzene rings is 3. The van der Waals surface area contributed by atoms with Crippen LogP contribution in [0, 0.1) is 0 Å². The molecule has 2 aromatic heterocycles. The van der Waals surface area contributed by atoms with Gasteiger partial charge >= 0.3 is 5.97 Å². The molecule has 0 unspecified atom stereocenters. The third kappa shape index (κ3) is 5.06. The van der Waals surface area contributed by atoms with Crippen LogP contribution >= 0.6 is 34.5 Å². The van der Waals surface area contributed by atoms with Gasteiger partial charge in [0.2, 0.25) is 0 Å². The summed E-state index contributed by atoms with van der Waals surface area (Å²) in [5.74, 6) is -1.39. The number of nitrogens with one attached hydrogen (secondary N) is 1. The Morgan fingerprint density at radius 2 is 1.66 bits per heavy atom. The molecule has 0 saturated heterocycles. The second-order valence-corrected chi connectivity index (χ2v) is 9.98. The average molecular weight is 564 g/mol. The molecule has 3 aromatic carbocycles. The Morgan fingerprint density at radius 1 is 0.974 bits per heavy atom. The van der Waals surface area contributed by atoms with Gasteiger partial charge in [0.1, 0.15) is 5.69 Å². The van der Waals surface area contributed by atoms with Crippen molar-refractivity contribution in [2.75, 3.05) is 11.9 Å². The van der Waals surface area contributed by atoms with Gasteiger partial charge < -0.3 is 9.30 Å². The van der Waals surface area contributed by atoms with Gasteiger partial charge in [-0.25, -0.2) is 9.78 Å². The monoisotopic (exact) mass is 563 g/mol. The lowest BCUT2D eigenvalue weighted by Crippen LogP contribution is -2.28. The molecule has 0 radical (unpaired) electrons. The maximum Gasteiger partial charge on any atom is 0.356 e. The Kier molecular flexibility index (Phi) is 7.28. The molecular formula is C28H19Cl2N3O4S. The topological polar surface area (TPSA) is 90.3 Å². The van der Waals surface area contributed by atoms with Crippen LogP contribution in [0.5, 0.6) is 0 Å². The van der Waals surface area contributed by atoms with E-state index < -0.39 is 18.5 Å². The summed E-state index contributed by atoms with van der Waals surface area (Å²) in [6.07, 6.45) is 0. The van der Waals surface area contributed by atoms with Gasteiger partial charge in [0.05, 0.1) is 5.69 Å². The smallest absolute Gasteiger partial charge is 0.356 e. The van der Waals surface area contributed by atoms with Crippen LogP contribution in [-0.4, -0.2) is 28.0 Å². The van der Waals surface area contributed by atoms with Crippen LogP contribution in [0.25, 0.3) is 33.2 Å². The highest BCUT2D eigenvalue weighted by molar-refractivity contribution is 7.14. The number of fused-ring (bicyclic) bond motifs is 1. The molecule has 1 N–H and O–H groups in total. The first-order valence-corrected chi connectivity index (χ1v) is 13.0. The first-order chi connectivity index (χ1) is 18.3. The number of carbonyl (C=O) groups excluding carboxylic acids is 2. The predicted molar refractivity (Wildman–Crippen MR) is 151 cm³/mol. The SMILES string of the molecule is Cn1c(C(=O)OCC(=O)Nc2nc(-c3ccccc3Cl)cs2)c(-c2ccc(Cl)cc2)c2ccccc2c1=O. The summed E-state index contributed by atoms with van der Waals surface area (Å²) >= 11 is 13.5. The molecule has 5 rings (SSSR count). The quantitative estimate of drug-likeness (QED) is 0.240. The number of esters is 1. The fraction of sp³-hybridized carbons (Fsp3) is 0.0714. The van der Waals surface area contributed by atoms with E-state index in [9.17, 15) is 14.4 Å². The van der Waals surface area contributed by atoms with Crippen LogP contribution < -0.4 is 10.9 Å². The molecule has 10 heteroatoms. The van der Waals surface area contributed by atoms with Crippen molar-refractivity contribution in [3.8, 4) is 22.4 Å². The maximum absolute atomic E-state index is 13.3. The highest BCUT2D eigenvalue weighted by Gasteiger charge is 2.24. The molecule has 7 nitrogen and oxygen atoms in total. The van der Waals surface area contributed by atoms with E-state index in [1.807, 2.05) is 18.2 Å². The van der Waals surface area contributed by atoms with Crippen molar-refractivity contribution in [2.45, 2.75) is 0 Å². The lowest BCUT2D eigenvalue weighted by Gasteiger charge is -2.16. The van der Waals surface area contributed by atoms with E-state index in [-0.39, 0.29) is 11.3 Å². The Morgan fingerprint density at radius 3 is 2.39 bits per heavy atom. The normalized spacial score (nSPS) is 10.9. The van der Waals surface area contributed by atoms with Gasteiger partial charge in [0, 0.05) is 39.0 Å². The van der Waals surface area contributed by atoms with E-state index in [1.165, 1.54) is 23.0 Å². The maximum atomic E-state index is 13.3. The average Bonchev–Trinajstić information content (AvgIpc) is 3.38. The van der Waals surface area contributed by atoms with Crippen molar-refractivity contribution in [3.63, 3.8) is 0 Å². The van der Waals surface area contributed by atoms with E-state index in [0.717, 1.165) is 5.56 Å². The third-order valence-corrected chi connectivity index (χ3v) is 7.20. The molecule has 5 aromatic rings. The highest BCUT2D eigenvalue weighted by atomic mass is 35.5. The minimum absolute atomic E-state index is 0.0269. The standard InChI is InChI=1S/C28H19Cl2N3O4S/c1-33-25(24(16-10-12-17(29)13-11-16)18-6-2-3-7-19(18)26(33)35)27(36)37-14-23(34)32-28-31-22(15-38-28)20-8-4-5-9-21(20)30/h2-13,15H,14H2,1H3,(H,31,32,34). The number of ether oxygens (including phenoxy) is 1. The lowest BCUT2D eigenvalue weighted by molar-refractivity contribution is -0.119. The molecule has 2 heterocycles. The van der Waals surface area contributed by atoms with E-state index in [4.69, 9.17) is 27.9 Å². The number of pyridine rings is 1. The van der Waals surface area contributed by atoms with Gasteiger partial charge in [0.25, 0.3) is 11.5 Å². The molecule has 0 aliphatic carbocycles. The van der Waals surface area contributed by atoms with Crippen LogP contribution in [0.3, 0.4) is 0 Å². The summed E-state index contributed by atoms with van der Waals surface area (Å²) in [5.41, 5.74) is 2.21. The zero-order valence-electron chi connectivity index (χ0n) is 19.9. The number of hydrogen-bond acceptors (Lipinski definition) is 6. The summed E-state index contributed by atoms with van der Waals surface area (Å²) in [4.78, 5) is 43.3. The number of hydrogen-bond donors (Lipinski definition) is 1. The van der Waals surface area contributed by atoms with Crippen molar-refractivity contribution in [1.29, 1.82) is 0 Å². The van der Waals surface area contributed by atoms with Crippen LogP contribution in [0.15, 0.2) is 83.0 Å². The number of nitrogens with zero attached hydrogens (tertiary/aromatic N) is 2. The Hall–Kier alpha value is -3.98. The molecule has 0 fully saturated rings. The van der Waals surface area contributed by atoms with Crippen LogP contribution in [-0.2, 0) is 16.6 Å². The number of thiazole rings is 1. The van der Waals surface area contributed by atoms with E-state index in [1.54, 1.807) is 60.0 Å². The molecule has 0 spiro atoms. The van der Waals surface area contributed by atoms with Crippen LogP contribution in [0.4, 0.5) is 5.13 Å². The first kappa shape index (κ1) is 25.7. The molecule has 190 valence electrons. The zero-order chi connectivity index (χ0) is 26.8. The fourth-order valence-corrected chi connectivity index (χ4v) is 5.18. The van der Waals surface area contributed by atoms with Gasteiger partial charge in [0.15, 0.2) is 11.7 Å². The van der Waals surface area contributed by atoms with Gasteiger partial charge in [-0.15, -0.1) is 11.3 Å². The van der Waals surface area contributed by atoms with Gasteiger partial charge in [-0.1, -0.05) is 71.7 Å². The van der Waals surface area contributed by atoms with Crippen molar-refractivity contribution >= 4 is 62.3 Å². The Labute approximate surface area is 231 Å². The number of rotatable bonds is 6. The highest BCUT2D eigenvalue weighted by Crippen LogP contribution is 2.32. The largest absolute Gasteiger partial charge is 0.451 e. The third-order valence-electron chi connectivity index (χ3n) is 5.86. The summed E-state index contributed by atoms with van der Waals surface area (Å²) < 4.78 is 6.60. The number of carbonyl (C=O) groups is 2. The number of anilines is 1. The molecular weight excluding hydrogens is 545 g/mol. The summed E-state index contributed by atoms with van der Waals surface area (Å²) in [6.45, 7) is -0.569. The molecule has 38 heavy (non-hydrogen) atoms. The molecule has 0 bridgehead atoms. The second-order valence-electron chi connectivity index (χ2n) is 8.28. The minimum atomic E-state index is -0.814. The van der Waals surface area contributed by atoms with Crippen LogP contribution in [0.1, 0.15) is 10.5 Å². The summed E-state index contributed by atoms with van der Waals surface area (Å²) in [6, 6.07) is 21.2. The summed E-state index contributed by atoms with van der Waals surface area (Å²) in [5, 5.41) is 6.85. The van der Waals surface area contributed by atoms with Gasteiger partial charge in [-0.05, 0) is 35.2 Å². The number of amides is 1. The summed E-state index contributed by atoms with van der Waals surface area (Å²) in [7, 11) is 1.50. The second kappa shape index (κ2) is 10.8. The molecule has 0 atom stereocenters. The van der Waals surface area contributed by atoms with E-state index in [0.29, 0.717) is 42.8 Å². The van der Waals surface area contributed by atoms with E-state index >= 15 is 0 Å². The van der Waals surface area contributed by atoms with Crippen LogP contribution in [0.2, 0.25) is 10.0 Å². The Bertz CT molecular complexity index is 1750. The fourth-order valence-electron chi connectivity index (χ4n) is 4.09. The van der Waals surface area contributed by atoms with Gasteiger partial charge in [-0.2, -0.15) is 0 Å². The van der Waals surface area contributed by atoms with E-state index in [2.05, 4.69) is 10.3 Å². The minimum Gasteiger partial charge on any atom is -0.451 e.